The fraction of sp³-hybridized carbons (Fsp3) is 0.267. The maximum Gasteiger partial charge on any atom is 0.251 e. The summed E-state index contributed by atoms with van der Waals surface area (Å²) in [4.78, 5) is 12.1. The highest BCUT2D eigenvalue weighted by Gasteiger charge is 2.09. The van der Waals surface area contributed by atoms with Crippen LogP contribution >= 0.6 is 15.9 Å². The van der Waals surface area contributed by atoms with Crippen molar-refractivity contribution in [3.8, 4) is 0 Å². The van der Waals surface area contributed by atoms with E-state index in [1.807, 2.05) is 36.4 Å². The Labute approximate surface area is 116 Å². The first-order valence-corrected chi connectivity index (χ1v) is 6.98. The van der Waals surface area contributed by atoms with E-state index in [2.05, 4.69) is 28.2 Å². The molecule has 0 fully saturated rings. The van der Waals surface area contributed by atoms with Crippen molar-refractivity contribution in [2.45, 2.75) is 19.8 Å². The number of fused-ring (bicyclic) bond motifs is 1. The van der Waals surface area contributed by atoms with Crippen LogP contribution in [-0.2, 0) is 0 Å². The summed E-state index contributed by atoms with van der Waals surface area (Å²) in [5, 5.41) is 5.01. The van der Waals surface area contributed by atoms with Crippen molar-refractivity contribution in [2.24, 2.45) is 0 Å². The molecule has 0 bridgehead atoms. The van der Waals surface area contributed by atoms with Gasteiger partial charge in [-0.3, -0.25) is 4.79 Å². The largest absolute Gasteiger partial charge is 0.352 e. The van der Waals surface area contributed by atoms with Gasteiger partial charge in [-0.15, -0.1) is 0 Å². The van der Waals surface area contributed by atoms with Crippen LogP contribution in [0.5, 0.6) is 0 Å². The molecule has 0 aliphatic rings. The van der Waals surface area contributed by atoms with E-state index in [1.54, 1.807) is 0 Å². The number of rotatable bonds is 4. The molecule has 2 nitrogen and oxygen atoms in total. The highest BCUT2D eigenvalue weighted by atomic mass is 79.9. The molecule has 2 aromatic rings. The van der Waals surface area contributed by atoms with Gasteiger partial charge in [0.05, 0.1) is 0 Å². The molecule has 0 aromatic heterocycles. The van der Waals surface area contributed by atoms with Crippen molar-refractivity contribution in [1.29, 1.82) is 0 Å². The smallest absolute Gasteiger partial charge is 0.251 e. The summed E-state index contributed by atoms with van der Waals surface area (Å²) in [5.74, 6) is 0.00662. The minimum atomic E-state index is 0.00662. The van der Waals surface area contributed by atoms with Crippen molar-refractivity contribution in [3.05, 3.63) is 46.4 Å². The molecule has 0 aliphatic carbocycles. The Morgan fingerprint density at radius 2 is 1.89 bits per heavy atom. The quantitative estimate of drug-likeness (QED) is 0.845. The zero-order valence-corrected chi connectivity index (χ0v) is 12.0. The number of benzene rings is 2. The molecule has 0 aliphatic heterocycles. The van der Waals surface area contributed by atoms with E-state index >= 15 is 0 Å². The van der Waals surface area contributed by atoms with Crippen molar-refractivity contribution >= 4 is 32.6 Å². The second-order valence-electron chi connectivity index (χ2n) is 4.25. The van der Waals surface area contributed by atoms with Crippen molar-refractivity contribution in [2.75, 3.05) is 6.54 Å². The monoisotopic (exact) mass is 305 g/mol. The van der Waals surface area contributed by atoms with Gasteiger partial charge in [0, 0.05) is 16.6 Å². The van der Waals surface area contributed by atoms with Gasteiger partial charge in [0.1, 0.15) is 0 Å². The van der Waals surface area contributed by atoms with E-state index < -0.39 is 0 Å². The standard InChI is InChI=1S/C15H16BrNO/c1-2-3-10-17-15(18)13-8-4-7-12-11(13)6-5-9-14(12)16/h4-9H,2-3,10H2,1H3,(H,17,18). The van der Waals surface area contributed by atoms with Crippen LogP contribution in [-0.4, -0.2) is 12.5 Å². The summed E-state index contributed by atoms with van der Waals surface area (Å²) in [7, 11) is 0. The minimum Gasteiger partial charge on any atom is -0.352 e. The molecule has 0 atom stereocenters. The Kier molecular flexibility index (Phi) is 4.37. The lowest BCUT2D eigenvalue weighted by molar-refractivity contribution is 0.0955. The average molecular weight is 306 g/mol. The van der Waals surface area contributed by atoms with Crippen LogP contribution in [0.1, 0.15) is 30.1 Å². The third-order valence-corrected chi connectivity index (χ3v) is 3.62. The number of hydrogen-bond donors (Lipinski definition) is 1. The topological polar surface area (TPSA) is 29.1 Å². The third-order valence-electron chi connectivity index (χ3n) is 2.93. The van der Waals surface area contributed by atoms with Crippen LogP contribution in [0, 0.1) is 0 Å². The molecular weight excluding hydrogens is 290 g/mol. The van der Waals surface area contributed by atoms with E-state index in [0.29, 0.717) is 0 Å². The Hall–Kier alpha value is -1.35. The van der Waals surface area contributed by atoms with E-state index in [1.165, 1.54) is 0 Å². The van der Waals surface area contributed by atoms with Gasteiger partial charge in [0.15, 0.2) is 0 Å². The number of halogens is 1. The molecule has 0 saturated heterocycles. The lowest BCUT2D eigenvalue weighted by Crippen LogP contribution is -2.24. The van der Waals surface area contributed by atoms with Crippen LogP contribution in [0.3, 0.4) is 0 Å². The van der Waals surface area contributed by atoms with E-state index in [-0.39, 0.29) is 5.91 Å². The number of carbonyl (C=O) groups excluding carboxylic acids is 1. The molecule has 0 unspecified atom stereocenters. The molecule has 18 heavy (non-hydrogen) atoms. The second-order valence-corrected chi connectivity index (χ2v) is 5.10. The van der Waals surface area contributed by atoms with Crippen LogP contribution in [0.2, 0.25) is 0 Å². The summed E-state index contributed by atoms with van der Waals surface area (Å²) in [6.07, 6.45) is 2.10. The molecule has 94 valence electrons. The van der Waals surface area contributed by atoms with Gasteiger partial charge < -0.3 is 5.32 Å². The van der Waals surface area contributed by atoms with E-state index in [9.17, 15) is 4.79 Å². The summed E-state index contributed by atoms with van der Waals surface area (Å²) < 4.78 is 1.02. The zero-order valence-electron chi connectivity index (χ0n) is 10.4. The van der Waals surface area contributed by atoms with Crippen molar-refractivity contribution in [3.63, 3.8) is 0 Å². The summed E-state index contributed by atoms with van der Waals surface area (Å²) in [5.41, 5.74) is 0.741. The Bertz CT molecular complexity index is 565. The number of hydrogen-bond acceptors (Lipinski definition) is 1. The third kappa shape index (κ3) is 2.72. The first-order chi connectivity index (χ1) is 8.74. The first-order valence-electron chi connectivity index (χ1n) is 6.19. The zero-order chi connectivity index (χ0) is 13.0. The SMILES string of the molecule is CCCCNC(=O)c1cccc2c(Br)cccc12. The molecular formula is C15H16BrNO. The van der Waals surface area contributed by atoms with Crippen LogP contribution in [0.25, 0.3) is 10.8 Å². The maximum atomic E-state index is 12.1. The first kappa shape index (κ1) is 13.1. The summed E-state index contributed by atoms with van der Waals surface area (Å²) in [6.45, 7) is 2.85. The van der Waals surface area contributed by atoms with Crippen LogP contribution in [0.4, 0.5) is 0 Å². The summed E-state index contributed by atoms with van der Waals surface area (Å²) >= 11 is 3.51. The van der Waals surface area contributed by atoms with E-state index in [0.717, 1.165) is 40.2 Å². The van der Waals surface area contributed by atoms with Crippen molar-refractivity contribution < 1.29 is 4.79 Å². The second kappa shape index (κ2) is 6.01. The molecule has 1 amide bonds. The minimum absolute atomic E-state index is 0.00662. The van der Waals surface area contributed by atoms with Gasteiger partial charge in [-0.05, 0) is 29.3 Å². The number of carbonyl (C=O) groups is 1. The summed E-state index contributed by atoms with van der Waals surface area (Å²) in [6, 6.07) is 11.7. The highest BCUT2D eigenvalue weighted by molar-refractivity contribution is 9.10. The maximum absolute atomic E-state index is 12.1. The number of unbranched alkanes of at least 4 members (excludes halogenated alkanes) is 1. The van der Waals surface area contributed by atoms with Crippen molar-refractivity contribution in [1.82, 2.24) is 5.32 Å². The molecule has 0 radical (unpaired) electrons. The molecule has 2 rings (SSSR count). The van der Waals surface area contributed by atoms with Crippen LogP contribution < -0.4 is 5.32 Å². The van der Waals surface area contributed by atoms with Crippen LogP contribution in [0.15, 0.2) is 40.9 Å². The lowest BCUT2D eigenvalue weighted by atomic mass is 10.0. The molecule has 2 aromatic carbocycles. The Morgan fingerprint density at radius 3 is 2.67 bits per heavy atom. The fourth-order valence-corrected chi connectivity index (χ4v) is 2.44. The fourth-order valence-electron chi connectivity index (χ4n) is 1.94. The molecule has 1 N–H and O–H groups in total. The lowest BCUT2D eigenvalue weighted by Gasteiger charge is -2.08. The Balaban J connectivity index is 2.33. The highest BCUT2D eigenvalue weighted by Crippen LogP contribution is 2.26. The number of nitrogens with one attached hydrogen (secondary N) is 1. The Morgan fingerprint density at radius 1 is 1.17 bits per heavy atom. The predicted molar refractivity (Wildman–Crippen MR) is 78.9 cm³/mol. The molecule has 0 saturated carbocycles. The van der Waals surface area contributed by atoms with Gasteiger partial charge >= 0.3 is 0 Å². The van der Waals surface area contributed by atoms with Gasteiger partial charge in [-0.25, -0.2) is 0 Å². The van der Waals surface area contributed by atoms with Gasteiger partial charge in [-0.2, -0.15) is 0 Å². The number of amides is 1. The van der Waals surface area contributed by atoms with Gasteiger partial charge in [0.2, 0.25) is 0 Å². The molecule has 3 heteroatoms. The average Bonchev–Trinajstić information content (AvgIpc) is 2.39. The normalized spacial score (nSPS) is 10.6. The van der Waals surface area contributed by atoms with Gasteiger partial charge in [-0.1, -0.05) is 53.5 Å². The molecule has 0 spiro atoms. The predicted octanol–water partition coefficient (Wildman–Crippen LogP) is 4.13. The van der Waals surface area contributed by atoms with E-state index in [4.69, 9.17) is 0 Å². The molecule has 0 heterocycles. The van der Waals surface area contributed by atoms with Gasteiger partial charge in [0.25, 0.3) is 5.91 Å².